The summed E-state index contributed by atoms with van der Waals surface area (Å²) in [6.07, 6.45) is 2.59. The van der Waals surface area contributed by atoms with Crippen LogP contribution in [0.1, 0.15) is 15.9 Å². The predicted octanol–water partition coefficient (Wildman–Crippen LogP) is 4.49. The SMILES string of the molecule is O=C(/C=C/c1ccc(OC(F)F)cc1)OCC(=O)c1ccc(Br)cc1. The zero-order valence-corrected chi connectivity index (χ0v) is 14.4. The predicted molar refractivity (Wildman–Crippen MR) is 91.5 cm³/mol. The molecule has 0 aromatic heterocycles. The van der Waals surface area contributed by atoms with Gasteiger partial charge in [-0.2, -0.15) is 8.78 Å². The summed E-state index contributed by atoms with van der Waals surface area (Å²) in [7, 11) is 0. The quantitative estimate of drug-likeness (QED) is 0.383. The Morgan fingerprint density at radius 3 is 2.28 bits per heavy atom. The van der Waals surface area contributed by atoms with Crippen LogP contribution >= 0.6 is 15.9 Å². The molecule has 0 saturated carbocycles. The molecule has 0 bridgehead atoms. The summed E-state index contributed by atoms with van der Waals surface area (Å²) in [6, 6.07) is 12.4. The number of carbonyl (C=O) groups excluding carboxylic acids is 2. The van der Waals surface area contributed by atoms with Crippen molar-refractivity contribution in [3.05, 3.63) is 70.2 Å². The Morgan fingerprint density at radius 1 is 1.04 bits per heavy atom. The number of esters is 1. The van der Waals surface area contributed by atoms with Gasteiger partial charge in [-0.25, -0.2) is 4.79 Å². The molecule has 0 aliphatic heterocycles. The van der Waals surface area contributed by atoms with Crippen molar-refractivity contribution in [3.8, 4) is 5.75 Å². The molecule has 0 spiro atoms. The fourth-order valence-electron chi connectivity index (χ4n) is 1.83. The summed E-state index contributed by atoms with van der Waals surface area (Å²) >= 11 is 3.26. The molecule has 7 heteroatoms. The highest BCUT2D eigenvalue weighted by atomic mass is 79.9. The number of Topliss-reactive ketones (excluding diaryl/α,β-unsaturated/α-hetero) is 1. The van der Waals surface area contributed by atoms with Gasteiger partial charge in [0.2, 0.25) is 0 Å². The molecule has 130 valence electrons. The lowest BCUT2D eigenvalue weighted by atomic mass is 10.1. The molecule has 0 amide bonds. The summed E-state index contributed by atoms with van der Waals surface area (Å²) < 4.78 is 34.0. The van der Waals surface area contributed by atoms with Crippen molar-refractivity contribution in [3.63, 3.8) is 0 Å². The minimum absolute atomic E-state index is 0.0230. The second-order valence-electron chi connectivity index (χ2n) is 4.82. The second-order valence-corrected chi connectivity index (χ2v) is 5.73. The smallest absolute Gasteiger partial charge is 0.387 e. The molecule has 0 saturated heterocycles. The Balaban J connectivity index is 1.84. The van der Waals surface area contributed by atoms with Crippen molar-refractivity contribution < 1.29 is 27.8 Å². The highest BCUT2D eigenvalue weighted by Crippen LogP contribution is 2.15. The lowest BCUT2D eigenvalue weighted by Gasteiger charge is -2.04. The first kappa shape index (κ1) is 18.8. The summed E-state index contributed by atoms with van der Waals surface area (Å²) in [5.41, 5.74) is 1.03. The maximum atomic E-state index is 12.0. The second kappa shape index (κ2) is 9.08. The Labute approximate surface area is 151 Å². The fraction of sp³-hybridized carbons (Fsp3) is 0.111. The standard InChI is InChI=1S/C18H13BrF2O4/c19-14-6-4-13(5-7-14)16(22)11-24-17(23)10-3-12-1-8-15(9-2-12)25-18(20)21/h1-10,18H,11H2/b10-3+. The van der Waals surface area contributed by atoms with Crippen LogP contribution in [0, 0.1) is 0 Å². The minimum Gasteiger partial charge on any atom is -0.454 e. The molecule has 0 heterocycles. The first-order valence-corrected chi connectivity index (χ1v) is 7.92. The van der Waals surface area contributed by atoms with E-state index in [0.29, 0.717) is 11.1 Å². The highest BCUT2D eigenvalue weighted by Gasteiger charge is 2.08. The highest BCUT2D eigenvalue weighted by molar-refractivity contribution is 9.10. The Bertz CT molecular complexity index is 756. The maximum Gasteiger partial charge on any atom is 0.387 e. The lowest BCUT2D eigenvalue weighted by Crippen LogP contribution is -2.12. The van der Waals surface area contributed by atoms with Gasteiger partial charge in [0.05, 0.1) is 0 Å². The zero-order valence-electron chi connectivity index (χ0n) is 12.8. The number of alkyl halides is 2. The molecule has 25 heavy (non-hydrogen) atoms. The molecule has 0 aliphatic rings. The first-order chi connectivity index (χ1) is 11.9. The van der Waals surface area contributed by atoms with Gasteiger partial charge in [0.25, 0.3) is 0 Å². The van der Waals surface area contributed by atoms with Crippen LogP contribution in [-0.2, 0) is 9.53 Å². The minimum atomic E-state index is -2.89. The van der Waals surface area contributed by atoms with E-state index in [1.807, 2.05) is 0 Å². The van der Waals surface area contributed by atoms with Gasteiger partial charge in [0.15, 0.2) is 12.4 Å². The van der Waals surface area contributed by atoms with Crippen molar-refractivity contribution in [2.45, 2.75) is 6.61 Å². The zero-order chi connectivity index (χ0) is 18.2. The van der Waals surface area contributed by atoms with Crippen LogP contribution in [0.5, 0.6) is 5.75 Å². The molecule has 0 atom stereocenters. The average Bonchev–Trinajstić information content (AvgIpc) is 2.59. The molecule has 4 nitrogen and oxygen atoms in total. The first-order valence-electron chi connectivity index (χ1n) is 7.12. The lowest BCUT2D eigenvalue weighted by molar-refractivity contribution is -0.136. The molecule has 0 unspecified atom stereocenters. The Hall–Kier alpha value is -2.54. The summed E-state index contributed by atoms with van der Waals surface area (Å²) in [5.74, 6) is -0.976. The Kier molecular flexibility index (Phi) is 6.82. The van der Waals surface area contributed by atoms with Crippen LogP contribution in [0.3, 0.4) is 0 Å². The fourth-order valence-corrected chi connectivity index (χ4v) is 2.09. The molecular formula is C18H13BrF2O4. The third-order valence-corrected chi connectivity index (χ3v) is 3.56. The summed E-state index contributed by atoms with van der Waals surface area (Å²) in [4.78, 5) is 23.5. The monoisotopic (exact) mass is 410 g/mol. The number of ketones is 1. The van der Waals surface area contributed by atoms with Crippen LogP contribution < -0.4 is 4.74 Å². The number of halogens is 3. The van der Waals surface area contributed by atoms with Gasteiger partial charge >= 0.3 is 12.6 Å². The maximum absolute atomic E-state index is 12.0. The van der Waals surface area contributed by atoms with E-state index in [1.54, 1.807) is 24.3 Å². The Morgan fingerprint density at radius 2 is 1.68 bits per heavy atom. The molecular weight excluding hydrogens is 398 g/mol. The number of hydrogen-bond acceptors (Lipinski definition) is 4. The average molecular weight is 411 g/mol. The van der Waals surface area contributed by atoms with E-state index < -0.39 is 12.6 Å². The third kappa shape index (κ3) is 6.46. The molecule has 0 aliphatic carbocycles. The van der Waals surface area contributed by atoms with Crippen molar-refractivity contribution in [2.24, 2.45) is 0 Å². The molecule has 0 fully saturated rings. The van der Waals surface area contributed by atoms with E-state index in [2.05, 4.69) is 20.7 Å². The van der Waals surface area contributed by atoms with Crippen LogP contribution in [0.2, 0.25) is 0 Å². The van der Waals surface area contributed by atoms with E-state index in [0.717, 1.165) is 10.5 Å². The normalized spacial score (nSPS) is 10.9. The van der Waals surface area contributed by atoms with Crippen LogP contribution in [0.4, 0.5) is 8.78 Å². The molecule has 2 aromatic rings. The molecule has 0 N–H and O–H groups in total. The van der Waals surface area contributed by atoms with Crippen molar-refractivity contribution in [1.82, 2.24) is 0 Å². The molecule has 0 radical (unpaired) electrons. The van der Waals surface area contributed by atoms with Gasteiger partial charge in [0.1, 0.15) is 5.75 Å². The van der Waals surface area contributed by atoms with E-state index in [-0.39, 0.29) is 18.1 Å². The van der Waals surface area contributed by atoms with Gasteiger partial charge < -0.3 is 9.47 Å². The topological polar surface area (TPSA) is 52.6 Å². The molecule has 2 rings (SSSR count). The van der Waals surface area contributed by atoms with Gasteiger partial charge in [-0.1, -0.05) is 40.2 Å². The number of benzene rings is 2. The largest absolute Gasteiger partial charge is 0.454 e. The van der Waals surface area contributed by atoms with Gasteiger partial charge in [-0.3, -0.25) is 4.79 Å². The van der Waals surface area contributed by atoms with Crippen molar-refractivity contribution in [1.29, 1.82) is 0 Å². The van der Waals surface area contributed by atoms with E-state index in [9.17, 15) is 18.4 Å². The number of carbonyl (C=O) groups is 2. The summed E-state index contributed by atoms with van der Waals surface area (Å²) in [5, 5.41) is 0. The third-order valence-electron chi connectivity index (χ3n) is 3.03. The van der Waals surface area contributed by atoms with Crippen molar-refractivity contribution >= 4 is 33.8 Å². The van der Waals surface area contributed by atoms with E-state index in [4.69, 9.17) is 4.74 Å². The summed E-state index contributed by atoms with van der Waals surface area (Å²) in [6.45, 7) is -3.26. The van der Waals surface area contributed by atoms with Crippen LogP contribution in [0.15, 0.2) is 59.1 Å². The number of hydrogen-bond donors (Lipinski definition) is 0. The van der Waals surface area contributed by atoms with Crippen LogP contribution in [-0.4, -0.2) is 25.0 Å². The van der Waals surface area contributed by atoms with E-state index in [1.165, 1.54) is 30.3 Å². The van der Waals surface area contributed by atoms with Gasteiger partial charge in [-0.15, -0.1) is 0 Å². The number of ether oxygens (including phenoxy) is 2. The number of rotatable bonds is 7. The van der Waals surface area contributed by atoms with Crippen LogP contribution in [0.25, 0.3) is 6.08 Å². The van der Waals surface area contributed by atoms with Crippen molar-refractivity contribution in [2.75, 3.05) is 6.61 Å². The van der Waals surface area contributed by atoms with Gasteiger partial charge in [-0.05, 0) is 35.9 Å². The van der Waals surface area contributed by atoms with E-state index >= 15 is 0 Å². The molecule has 2 aromatic carbocycles. The van der Waals surface area contributed by atoms with Gasteiger partial charge in [0, 0.05) is 16.1 Å².